The maximum Gasteiger partial charge on any atom is 0.262 e. The van der Waals surface area contributed by atoms with E-state index in [9.17, 15) is 9.59 Å². The molecule has 2 aromatic rings. The first-order valence-electron chi connectivity index (χ1n) is 6.82. The lowest BCUT2D eigenvalue weighted by atomic mass is 10.2. The molecule has 2 aromatic heterocycles. The van der Waals surface area contributed by atoms with E-state index in [4.69, 9.17) is 0 Å². The van der Waals surface area contributed by atoms with E-state index >= 15 is 0 Å². The maximum atomic E-state index is 12.3. The molecule has 5 nitrogen and oxygen atoms in total. The summed E-state index contributed by atoms with van der Waals surface area (Å²) in [5.41, 5.74) is -0.148. The van der Waals surface area contributed by atoms with Crippen molar-refractivity contribution in [2.75, 3.05) is 0 Å². The second-order valence-corrected chi connectivity index (χ2v) is 5.95. The monoisotopic (exact) mass is 293 g/mol. The number of aryl methyl sites for hydroxylation is 1. The number of fused-ring (bicyclic) bond motifs is 1. The highest BCUT2D eigenvalue weighted by Crippen LogP contribution is 2.20. The summed E-state index contributed by atoms with van der Waals surface area (Å²) in [4.78, 5) is 30.3. The van der Waals surface area contributed by atoms with Crippen LogP contribution in [0.25, 0.3) is 10.2 Å². The van der Waals surface area contributed by atoms with E-state index in [-0.39, 0.29) is 24.1 Å². The third-order valence-electron chi connectivity index (χ3n) is 3.25. The topological polar surface area (TPSA) is 64.0 Å². The van der Waals surface area contributed by atoms with E-state index in [0.29, 0.717) is 5.39 Å². The molecule has 0 aliphatic carbocycles. The number of aromatic nitrogens is 2. The molecule has 108 valence electrons. The molecule has 0 fully saturated rings. The molecule has 0 aliphatic rings. The Morgan fingerprint density at radius 1 is 1.50 bits per heavy atom. The van der Waals surface area contributed by atoms with Crippen molar-refractivity contribution in [2.45, 2.75) is 46.2 Å². The molecule has 0 unspecified atom stereocenters. The summed E-state index contributed by atoms with van der Waals surface area (Å²) >= 11 is 1.53. The van der Waals surface area contributed by atoms with Gasteiger partial charge in [0.05, 0.1) is 11.7 Å². The Hall–Kier alpha value is -1.69. The zero-order chi connectivity index (χ0) is 14.7. The van der Waals surface area contributed by atoms with Gasteiger partial charge in [-0.05, 0) is 25.8 Å². The normalized spacial score (nSPS) is 12.6. The third-order valence-corrected chi connectivity index (χ3v) is 4.44. The van der Waals surface area contributed by atoms with Crippen LogP contribution in [0.3, 0.4) is 0 Å². The van der Waals surface area contributed by atoms with Crippen LogP contribution in [0.15, 0.2) is 17.2 Å². The van der Waals surface area contributed by atoms with E-state index in [0.717, 1.165) is 22.5 Å². The zero-order valence-corrected chi connectivity index (χ0v) is 12.8. The summed E-state index contributed by atoms with van der Waals surface area (Å²) in [6.07, 6.45) is 3.20. The van der Waals surface area contributed by atoms with Gasteiger partial charge >= 0.3 is 0 Å². The Morgan fingerprint density at radius 2 is 2.25 bits per heavy atom. The highest BCUT2D eigenvalue weighted by atomic mass is 32.1. The summed E-state index contributed by atoms with van der Waals surface area (Å²) in [7, 11) is 0. The van der Waals surface area contributed by atoms with Gasteiger partial charge in [-0.25, -0.2) is 4.98 Å². The van der Waals surface area contributed by atoms with Crippen molar-refractivity contribution in [3.63, 3.8) is 0 Å². The molecule has 0 aromatic carbocycles. The van der Waals surface area contributed by atoms with Crippen LogP contribution in [0.4, 0.5) is 0 Å². The molecule has 0 aliphatic heterocycles. The van der Waals surface area contributed by atoms with Crippen LogP contribution in [0.5, 0.6) is 0 Å². The van der Waals surface area contributed by atoms with Crippen LogP contribution in [-0.4, -0.2) is 21.5 Å². The maximum absolute atomic E-state index is 12.3. The number of nitrogens with one attached hydrogen (secondary N) is 1. The van der Waals surface area contributed by atoms with Crippen LogP contribution in [0.1, 0.15) is 32.1 Å². The number of carbonyl (C=O) groups is 1. The van der Waals surface area contributed by atoms with E-state index in [1.807, 2.05) is 26.8 Å². The van der Waals surface area contributed by atoms with Crippen molar-refractivity contribution in [2.24, 2.45) is 0 Å². The quantitative estimate of drug-likeness (QED) is 0.916. The first-order valence-corrected chi connectivity index (χ1v) is 7.64. The first kappa shape index (κ1) is 14.7. The lowest BCUT2D eigenvalue weighted by molar-refractivity contribution is -0.122. The molecule has 6 heteroatoms. The molecule has 2 rings (SSSR count). The van der Waals surface area contributed by atoms with Gasteiger partial charge in [-0.3, -0.25) is 14.2 Å². The summed E-state index contributed by atoms with van der Waals surface area (Å²) in [5.74, 6) is -0.159. The molecule has 2 heterocycles. The zero-order valence-electron chi connectivity index (χ0n) is 12.0. The number of amides is 1. The molecule has 0 saturated heterocycles. The predicted molar refractivity (Wildman–Crippen MR) is 81.2 cm³/mol. The van der Waals surface area contributed by atoms with Gasteiger partial charge < -0.3 is 5.32 Å². The van der Waals surface area contributed by atoms with Gasteiger partial charge in [-0.1, -0.05) is 13.8 Å². The lowest BCUT2D eigenvalue weighted by Gasteiger charge is -2.11. The minimum atomic E-state index is -0.159. The van der Waals surface area contributed by atoms with Crippen molar-refractivity contribution in [1.29, 1.82) is 0 Å². The van der Waals surface area contributed by atoms with Crippen molar-refractivity contribution in [3.8, 4) is 0 Å². The van der Waals surface area contributed by atoms with Crippen molar-refractivity contribution in [3.05, 3.63) is 27.6 Å². The van der Waals surface area contributed by atoms with Gasteiger partial charge in [-0.15, -0.1) is 11.3 Å². The smallest absolute Gasteiger partial charge is 0.262 e. The van der Waals surface area contributed by atoms with Crippen molar-refractivity contribution in [1.82, 2.24) is 14.9 Å². The van der Waals surface area contributed by atoms with Crippen LogP contribution in [-0.2, 0) is 17.8 Å². The average Bonchev–Trinajstić information content (AvgIpc) is 2.86. The number of nitrogens with zero attached hydrogens (tertiary/aromatic N) is 2. The Balaban J connectivity index is 2.25. The minimum Gasteiger partial charge on any atom is -0.352 e. The summed E-state index contributed by atoms with van der Waals surface area (Å²) in [6, 6.07) is 1.99. The highest BCUT2D eigenvalue weighted by Gasteiger charge is 2.11. The van der Waals surface area contributed by atoms with Gasteiger partial charge in [0, 0.05) is 10.9 Å². The molecular formula is C14H19N3O2S. The van der Waals surface area contributed by atoms with Gasteiger partial charge in [0.1, 0.15) is 11.4 Å². The first-order chi connectivity index (χ1) is 9.55. The Labute approximate surface area is 121 Å². The largest absolute Gasteiger partial charge is 0.352 e. The van der Waals surface area contributed by atoms with E-state index in [1.54, 1.807) is 0 Å². The number of rotatable bonds is 5. The average molecular weight is 293 g/mol. The molecule has 20 heavy (non-hydrogen) atoms. The summed E-state index contributed by atoms with van der Waals surface area (Å²) in [5, 5.41) is 3.45. The summed E-state index contributed by atoms with van der Waals surface area (Å²) < 4.78 is 1.37. The Morgan fingerprint density at radius 3 is 2.90 bits per heavy atom. The molecule has 1 N–H and O–H groups in total. The van der Waals surface area contributed by atoms with E-state index in [1.165, 1.54) is 22.2 Å². The van der Waals surface area contributed by atoms with E-state index in [2.05, 4.69) is 10.3 Å². The van der Waals surface area contributed by atoms with Crippen LogP contribution in [0, 0.1) is 0 Å². The fourth-order valence-electron chi connectivity index (χ4n) is 1.87. The molecule has 1 atom stereocenters. The molecular weight excluding hydrogens is 274 g/mol. The molecule has 0 spiro atoms. The van der Waals surface area contributed by atoms with Crippen LogP contribution < -0.4 is 10.9 Å². The van der Waals surface area contributed by atoms with Gasteiger partial charge in [0.15, 0.2) is 0 Å². The van der Waals surface area contributed by atoms with Crippen LogP contribution in [0.2, 0.25) is 0 Å². The number of thiophene rings is 1. The van der Waals surface area contributed by atoms with Crippen molar-refractivity contribution < 1.29 is 4.79 Å². The standard InChI is InChI=1S/C14H19N3O2S/c1-4-9(3)16-12(18)7-17-8-15-13-11(14(17)19)6-10(5-2)20-13/h6,8-9H,4-5,7H2,1-3H3,(H,16,18)/t9-/m1/s1. The summed E-state index contributed by atoms with van der Waals surface area (Å²) in [6.45, 7) is 6.00. The number of carbonyl (C=O) groups excluding carboxylic acids is 1. The lowest BCUT2D eigenvalue weighted by Crippen LogP contribution is -2.37. The Bertz CT molecular complexity index is 675. The molecule has 0 radical (unpaired) electrons. The van der Waals surface area contributed by atoms with Gasteiger partial charge in [-0.2, -0.15) is 0 Å². The minimum absolute atomic E-state index is 0.0173. The molecule has 1 amide bonds. The predicted octanol–water partition coefficient (Wildman–Crippen LogP) is 1.94. The van der Waals surface area contributed by atoms with Crippen molar-refractivity contribution >= 4 is 27.5 Å². The Kier molecular flexibility index (Phi) is 4.54. The van der Waals surface area contributed by atoms with Crippen LogP contribution >= 0.6 is 11.3 Å². The number of hydrogen-bond acceptors (Lipinski definition) is 4. The van der Waals surface area contributed by atoms with E-state index < -0.39 is 0 Å². The highest BCUT2D eigenvalue weighted by molar-refractivity contribution is 7.18. The van der Waals surface area contributed by atoms with Gasteiger partial charge in [0.2, 0.25) is 5.91 Å². The fourth-order valence-corrected chi connectivity index (χ4v) is 2.80. The third kappa shape index (κ3) is 3.07. The van der Waals surface area contributed by atoms with Gasteiger partial charge in [0.25, 0.3) is 5.56 Å². The molecule has 0 saturated carbocycles. The number of hydrogen-bond donors (Lipinski definition) is 1. The second-order valence-electron chi connectivity index (χ2n) is 4.84. The SMILES string of the molecule is CCc1cc2c(=O)n(CC(=O)N[C@H](C)CC)cnc2s1. The fraction of sp³-hybridized carbons (Fsp3) is 0.500. The second kappa shape index (κ2) is 6.17. The molecule has 0 bridgehead atoms.